The molecule has 1 aromatic rings. The smallest absolute Gasteiger partial charge is 0.172 e. The van der Waals surface area contributed by atoms with Crippen LogP contribution in [0.25, 0.3) is 0 Å². The molecule has 1 aromatic carbocycles. The molecule has 0 bridgehead atoms. The van der Waals surface area contributed by atoms with Gasteiger partial charge in [-0.2, -0.15) is 0 Å². The van der Waals surface area contributed by atoms with Crippen molar-refractivity contribution in [1.82, 2.24) is 0 Å². The average molecular weight is 261 g/mol. The van der Waals surface area contributed by atoms with Gasteiger partial charge in [0.1, 0.15) is 17.4 Å². The van der Waals surface area contributed by atoms with E-state index < -0.39 is 0 Å². The van der Waals surface area contributed by atoms with Gasteiger partial charge >= 0.3 is 0 Å². The van der Waals surface area contributed by atoms with Gasteiger partial charge in [0, 0.05) is 5.92 Å². The summed E-state index contributed by atoms with van der Waals surface area (Å²) in [6.07, 6.45) is 0.811. The Hall–Kier alpha value is -0.730. The molecule has 0 aliphatic rings. The maximum Gasteiger partial charge on any atom is 0.172 e. The minimum atomic E-state index is 0.0120. The number of hydrogen-bond donors (Lipinski definition) is 0. The van der Waals surface area contributed by atoms with Gasteiger partial charge in [-0.1, -0.05) is 43.1 Å². The van der Waals surface area contributed by atoms with Crippen LogP contribution in [0.3, 0.4) is 0 Å². The van der Waals surface area contributed by atoms with E-state index in [0.29, 0.717) is 15.8 Å². The average Bonchev–Trinajstić information content (AvgIpc) is 2.29. The lowest BCUT2D eigenvalue weighted by Crippen LogP contribution is -2.18. The van der Waals surface area contributed by atoms with Gasteiger partial charge in [0.15, 0.2) is 5.78 Å². The van der Waals surface area contributed by atoms with Crippen LogP contribution in [-0.2, 0) is 4.79 Å². The fourth-order valence-electron chi connectivity index (χ4n) is 1.11. The van der Waals surface area contributed by atoms with Crippen LogP contribution in [0.2, 0.25) is 10.0 Å². The Labute approximate surface area is 106 Å². The summed E-state index contributed by atoms with van der Waals surface area (Å²) in [7, 11) is 0. The first-order valence-corrected chi connectivity index (χ1v) is 5.91. The number of ketones is 1. The summed E-state index contributed by atoms with van der Waals surface area (Å²) in [5, 5.41) is 0.774. The summed E-state index contributed by atoms with van der Waals surface area (Å²) in [4.78, 5) is 11.5. The molecule has 4 heteroatoms. The molecule has 1 unspecified atom stereocenters. The molecule has 0 heterocycles. The van der Waals surface area contributed by atoms with Crippen LogP contribution in [0, 0.1) is 5.92 Å². The highest BCUT2D eigenvalue weighted by atomic mass is 35.5. The maximum absolute atomic E-state index is 11.5. The molecule has 1 atom stereocenters. The summed E-state index contributed by atoms with van der Waals surface area (Å²) in [5.41, 5.74) is 0. The molecule has 0 amide bonds. The monoisotopic (exact) mass is 260 g/mol. The summed E-state index contributed by atoms with van der Waals surface area (Å²) in [5.74, 6) is 0.530. The number of halogens is 2. The largest absolute Gasteiger partial charge is 0.484 e. The predicted molar refractivity (Wildman–Crippen MR) is 66.4 cm³/mol. The van der Waals surface area contributed by atoms with Gasteiger partial charge in [0.25, 0.3) is 0 Å². The van der Waals surface area contributed by atoms with E-state index in [4.69, 9.17) is 27.9 Å². The van der Waals surface area contributed by atoms with Crippen LogP contribution >= 0.6 is 23.2 Å². The Balaban J connectivity index is 2.61. The SMILES string of the molecule is CCC(C)C(=O)COc1cccc(Cl)c1Cl. The highest BCUT2D eigenvalue weighted by molar-refractivity contribution is 6.42. The van der Waals surface area contributed by atoms with Gasteiger partial charge in [-0.05, 0) is 18.6 Å². The van der Waals surface area contributed by atoms with E-state index in [1.807, 2.05) is 13.8 Å². The van der Waals surface area contributed by atoms with Crippen molar-refractivity contribution in [2.45, 2.75) is 20.3 Å². The highest BCUT2D eigenvalue weighted by Crippen LogP contribution is 2.31. The zero-order chi connectivity index (χ0) is 12.1. The van der Waals surface area contributed by atoms with Crippen molar-refractivity contribution < 1.29 is 9.53 Å². The fraction of sp³-hybridized carbons (Fsp3) is 0.417. The summed E-state index contributed by atoms with van der Waals surface area (Å²) in [6.45, 7) is 3.88. The van der Waals surface area contributed by atoms with Crippen molar-refractivity contribution in [3.63, 3.8) is 0 Å². The molecule has 0 aliphatic carbocycles. The third-order valence-electron chi connectivity index (χ3n) is 2.45. The third-order valence-corrected chi connectivity index (χ3v) is 3.25. The second-order valence-electron chi connectivity index (χ2n) is 3.62. The van der Waals surface area contributed by atoms with Crippen molar-refractivity contribution in [2.75, 3.05) is 6.61 Å². The fourth-order valence-corrected chi connectivity index (χ4v) is 1.46. The number of ether oxygens (including phenoxy) is 1. The topological polar surface area (TPSA) is 26.3 Å². The van der Waals surface area contributed by atoms with Crippen LogP contribution in [-0.4, -0.2) is 12.4 Å². The summed E-state index contributed by atoms with van der Waals surface area (Å²) in [6, 6.07) is 5.10. The zero-order valence-electron chi connectivity index (χ0n) is 9.30. The van der Waals surface area contributed by atoms with Gasteiger partial charge < -0.3 is 4.74 Å². The Morgan fingerprint density at radius 2 is 2.12 bits per heavy atom. The lowest BCUT2D eigenvalue weighted by molar-refractivity contribution is -0.124. The lowest BCUT2D eigenvalue weighted by atomic mass is 10.1. The van der Waals surface area contributed by atoms with Crippen LogP contribution in [0.4, 0.5) is 0 Å². The van der Waals surface area contributed by atoms with Crippen LogP contribution in [0.15, 0.2) is 18.2 Å². The number of carbonyl (C=O) groups excluding carboxylic acids is 1. The van der Waals surface area contributed by atoms with Crippen LogP contribution < -0.4 is 4.74 Å². The van der Waals surface area contributed by atoms with Gasteiger partial charge in [-0.15, -0.1) is 0 Å². The number of rotatable bonds is 5. The second kappa shape index (κ2) is 6.12. The molecule has 88 valence electrons. The minimum Gasteiger partial charge on any atom is -0.484 e. The Kier molecular flexibility index (Phi) is 5.10. The Bertz CT molecular complexity index is 377. The third kappa shape index (κ3) is 3.39. The minimum absolute atomic E-state index is 0.0120. The van der Waals surface area contributed by atoms with E-state index in [9.17, 15) is 4.79 Å². The molecule has 0 saturated heterocycles. The molecule has 1 rings (SSSR count). The highest BCUT2D eigenvalue weighted by Gasteiger charge is 2.12. The van der Waals surface area contributed by atoms with Crippen molar-refractivity contribution in [2.24, 2.45) is 5.92 Å². The van der Waals surface area contributed by atoms with Crippen molar-refractivity contribution in [3.8, 4) is 5.75 Å². The maximum atomic E-state index is 11.5. The molecular formula is C12H14Cl2O2. The quantitative estimate of drug-likeness (QED) is 0.801. The predicted octanol–water partition coefficient (Wildman–Crippen LogP) is 3.99. The number of hydrogen-bond acceptors (Lipinski definition) is 2. The number of benzene rings is 1. The van der Waals surface area contributed by atoms with Crippen molar-refractivity contribution in [3.05, 3.63) is 28.2 Å². The van der Waals surface area contributed by atoms with E-state index >= 15 is 0 Å². The Morgan fingerprint density at radius 3 is 2.75 bits per heavy atom. The normalized spacial score (nSPS) is 12.2. The van der Waals surface area contributed by atoms with Gasteiger partial charge in [-0.3, -0.25) is 4.79 Å². The van der Waals surface area contributed by atoms with E-state index in [-0.39, 0.29) is 18.3 Å². The number of Topliss-reactive ketones (excluding diaryl/α,β-unsaturated/α-hetero) is 1. The van der Waals surface area contributed by atoms with Gasteiger partial charge in [0.2, 0.25) is 0 Å². The molecule has 16 heavy (non-hydrogen) atoms. The number of carbonyl (C=O) groups is 1. The standard InChI is InChI=1S/C12H14Cl2O2/c1-3-8(2)10(15)7-16-11-6-4-5-9(13)12(11)14/h4-6,8H,3,7H2,1-2H3. The molecule has 0 saturated carbocycles. The van der Waals surface area contributed by atoms with E-state index in [1.165, 1.54) is 0 Å². The van der Waals surface area contributed by atoms with Crippen LogP contribution in [0.1, 0.15) is 20.3 Å². The molecule has 0 spiro atoms. The first-order chi connectivity index (χ1) is 7.56. The van der Waals surface area contributed by atoms with E-state index in [1.54, 1.807) is 18.2 Å². The van der Waals surface area contributed by atoms with E-state index in [2.05, 4.69) is 0 Å². The first kappa shape index (κ1) is 13.3. The summed E-state index contributed by atoms with van der Waals surface area (Å²) < 4.78 is 5.34. The van der Waals surface area contributed by atoms with Crippen molar-refractivity contribution >= 4 is 29.0 Å². The molecule has 0 aromatic heterocycles. The van der Waals surface area contributed by atoms with Crippen LogP contribution in [0.5, 0.6) is 5.75 Å². The Morgan fingerprint density at radius 1 is 1.44 bits per heavy atom. The molecule has 0 N–H and O–H groups in total. The molecule has 2 nitrogen and oxygen atoms in total. The lowest BCUT2D eigenvalue weighted by Gasteiger charge is -2.10. The first-order valence-electron chi connectivity index (χ1n) is 5.15. The second-order valence-corrected chi connectivity index (χ2v) is 4.40. The summed E-state index contributed by atoms with van der Waals surface area (Å²) >= 11 is 11.7. The van der Waals surface area contributed by atoms with E-state index in [0.717, 1.165) is 6.42 Å². The van der Waals surface area contributed by atoms with Crippen molar-refractivity contribution in [1.29, 1.82) is 0 Å². The molecule has 0 fully saturated rings. The molecule has 0 aliphatic heterocycles. The zero-order valence-corrected chi connectivity index (χ0v) is 10.8. The van der Waals surface area contributed by atoms with Gasteiger partial charge in [0.05, 0.1) is 5.02 Å². The molecular weight excluding hydrogens is 247 g/mol. The molecule has 0 radical (unpaired) electrons. The van der Waals surface area contributed by atoms with Gasteiger partial charge in [-0.25, -0.2) is 0 Å².